The average Bonchev–Trinajstić information content (AvgIpc) is 3.27. The number of para-hydroxylation sites is 1. The molecule has 4 rings (SSSR count). The molecule has 0 unspecified atom stereocenters. The second-order valence-corrected chi connectivity index (χ2v) is 10.7. The molecule has 10 heteroatoms. The molecule has 3 aromatic rings. The Balaban J connectivity index is 1.52. The number of halogens is 1. The molecule has 0 saturated carbocycles. The number of hydrogen-bond acceptors (Lipinski definition) is 5. The number of fused-ring (bicyclic) bond motifs is 2. The van der Waals surface area contributed by atoms with Gasteiger partial charge >= 0.3 is 0 Å². The van der Waals surface area contributed by atoms with Gasteiger partial charge in [-0.15, -0.1) is 0 Å². The minimum atomic E-state index is -3.96. The minimum absolute atomic E-state index is 0.403. The van der Waals surface area contributed by atoms with Crippen molar-refractivity contribution >= 4 is 60.5 Å². The van der Waals surface area contributed by atoms with Crippen LogP contribution in [0.4, 0.5) is 5.69 Å². The van der Waals surface area contributed by atoms with Gasteiger partial charge in [0.2, 0.25) is 5.91 Å². The van der Waals surface area contributed by atoms with Crippen LogP contribution in [-0.4, -0.2) is 42.8 Å². The number of amides is 2. The van der Waals surface area contributed by atoms with Gasteiger partial charge in [-0.2, -0.15) is 4.99 Å². The standard InChI is InChI=1S/C21H20ClN3O4S2/c1-2-24-17-8-7-15(22)11-18(17)30-21(24)23-19(26)12-31(28,29)13-20(27)25-10-9-14-5-3-4-6-16(14)25/h3-8,11H,2,9-10,12-13H2,1H3. The summed E-state index contributed by atoms with van der Waals surface area (Å²) in [7, 11) is -3.96. The van der Waals surface area contributed by atoms with Gasteiger partial charge < -0.3 is 9.47 Å². The second-order valence-electron chi connectivity index (χ2n) is 7.20. The highest BCUT2D eigenvalue weighted by Crippen LogP contribution is 2.27. The monoisotopic (exact) mass is 477 g/mol. The van der Waals surface area contributed by atoms with E-state index in [9.17, 15) is 18.0 Å². The van der Waals surface area contributed by atoms with E-state index in [0.717, 1.165) is 21.5 Å². The van der Waals surface area contributed by atoms with E-state index in [0.29, 0.717) is 29.3 Å². The zero-order chi connectivity index (χ0) is 22.2. The summed E-state index contributed by atoms with van der Waals surface area (Å²) in [4.78, 5) is 30.9. The largest absolute Gasteiger partial charge is 0.317 e. The Morgan fingerprint density at radius 3 is 2.71 bits per heavy atom. The zero-order valence-electron chi connectivity index (χ0n) is 16.7. The number of carbonyl (C=O) groups is 2. The minimum Gasteiger partial charge on any atom is -0.317 e. The fourth-order valence-electron chi connectivity index (χ4n) is 3.68. The van der Waals surface area contributed by atoms with Gasteiger partial charge in [0.25, 0.3) is 5.91 Å². The molecule has 0 atom stereocenters. The summed E-state index contributed by atoms with van der Waals surface area (Å²) in [6, 6.07) is 12.8. The van der Waals surface area contributed by atoms with Gasteiger partial charge in [0.15, 0.2) is 14.6 Å². The van der Waals surface area contributed by atoms with E-state index in [1.54, 1.807) is 18.2 Å². The van der Waals surface area contributed by atoms with Gasteiger partial charge in [-0.3, -0.25) is 9.59 Å². The van der Waals surface area contributed by atoms with E-state index in [2.05, 4.69) is 4.99 Å². The smallest absolute Gasteiger partial charge is 0.263 e. The number of aryl methyl sites for hydroxylation is 1. The lowest BCUT2D eigenvalue weighted by Crippen LogP contribution is -2.36. The summed E-state index contributed by atoms with van der Waals surface area (Å²) in [5, 5.41) is 0.569. The third-order valence-corrected chi connectivity index (χ3v) is 7.71. The maximum absolute atomic E-state index is 12.6. The maximum Gasteiger partial charge on any atom is 0.263 e. The molecule has 2 heterocycles. The lowest BCUT2D eigenvalue weighted by Gasteiger charge is -2.17. The highest BCUT2D eigenvalue weighted by atomic mass is 35.5. The van der Waals surface area contributed by atoms with E-state index >= 15 is 0 Å². The molecule has 0 saturated heterocycles. The number of hydrogen-bond donors (Lipinski definition) is 0. The summed E-state index contributed by atoms with van der Waals surface area (Å²) in [6.45, 7) is 2.91. The number of nitrogens with zero attached hydrogens (tertiary/aromatic N) is 3. The maximum atomic E-state index is 12.6. The molecule has 1 aromatic heterocycles. The Bertz CT molecular complexity index is 1360. The fraction of sp³-hybridized carbons (Fsp3) is 0.286. The highest BCUT2D eigenvalue weighted by Gasteiger charge is 2.29. The topological polar surface area (TPSA) is 88.8 Å². The molecule has 2 amide bonds. The van der Waals surface area contributed by atoms with E-state index in [1.165, 1.54) is 16.2 Å². The predicted molar refractivity (Wildman–Crippen MR) is 122 cm³/mol. The van der Waals surface area contributed by atoms with Crippen molar-refractivity contribution in [2.45, 2.75) is 19.9 Å². The van der Waals surface area contributed by atoms with E-state index < -0.39 is 33.2 Å². The number of carbonyl (C=O) groups excluding carboxylic acids is 2. The third kappa shape index (κ3) is 4.58. The Kier molecular flexibility index (Phi) is 6.00. The number of thiazole rings is 1. The van der Waals surface area contributed by atoms with Crippen LogP contribution < -0.4 is 9.70 Å². The number of benzene rings is 2. The molecule has 162 valence electrons. The van der Waals surface area contributed by atoms with Crippen molar-refractivity contribution in [1.29, 1.82) is 0 Å². The molecule has 0 bridgehead atoms. The van der Waals surface area contributed by atoms with Crippen molar-refractivity contribution in [1.82, 2.24) is 4.57 Å². The summed E-state index contributed by atoms with van der Waals surface area (Å²) in [5.41, 5.74) is 2.61. The number of anilines is 1. The molecule has 1 aliphatic rings. The van der Waals surface area contributed by atoms with Gasteiger partial charge in [-0.1, -0.05) is 41.1 Å². The van der Waals surface area contributed by atoms with Crippen LogP contribution in [-0.2, 0) is 32.4 Å². The normalized spacial score (nSPS) is 14.3. The van der Waals surface area contributed by atoms with Crippen molar-refractivity contribution in [3.8, 4) is 0 Å². The lowest BCUT2D eigenvalue weighted by molar-refractivity contribution is -0.116. The quantitative estimate of drug-likeness (QED) is 0.565. The van der Waals surface area contributed by atoms with Gasteiger partial charge in [0.1, 0.15) is 11.5 Å². The van der Waals surface area contributed by atoms with Gasteiger partial charge in [0, 0.05) is 23.8 Å². The molecule has 0 radical (unpaired) electrons. The first-order valence-corrected chi connectivity index (χ1v) is 12.7. The first kappa shape index (κ1) is 21.7. The van der Waals surface area contributed by atoms with Gasteiger partial charge in [-0.05, 0) is 43.2 Å². The van der Waals surface area contributed by atoms with Crippen molar-refractivity contribution in [3.63, 3.8) is 0 Å². The van der Waals surface area contributed by atoms with Crippen LogP contribution in [0.5, 0.6) is 0 Å². The molecule has 0 aliphatic carbocycles. The first-order chi connectivity index (χ1) is 14.8. The van der Waals surface area contributed by atoms with Crippen LogP contribution >= 0.6 is 22.9 Å². The van der Waals surface area contributed by atoms with Crippen molar-refractivity contribution in [2.24, 2.45) is 4.99 Å². The third-order valence-electron chi connectivity index (χ3n) is 5.06. The van der Waals surface area contributed by atoms with Crippen LogP contribution in [0.3, 0.4) is 0 Å². The van der Waals surface area contributed by atoms with Crippen molar-refractivity contribution in [2.75, 3.05) is 23.0 Å². The Morgan fingerprint density at radius 1 is 1.16 bits per heavy atom. The van der Waals surface area contributed by atoms with Crippen LogP contribution in [0, 0.1) is 0 Å². The summed E-state index contributed by atoms with van der Waals surface area (Å²) >= 11 is 7.30. The first-order valence-electron chi connectivity index (χ1n) is 9.72. The molecule has 0 spiro atoms. The number of aromatic nitrogens is 1. The van der Waals surface area contributed by atoms with Crippen molar-refractivity contribution < 1.29 is 18.0 Å². The lowest BCUT2D eigenvalue weighted by atomic mass is 10.2. The summed E-state index contributed by atoms with van der Waals surface area (Å²) < 4.78 is 27.7. The fourth-order valence-corrected chi connectivity index (χ4v) is 6.14. The molecule has 7 nitrogen and oxygen atoms in total. The number of rotatable bonds is 5. The van der Waals surface area contributed by atoms with Crippen LogP contribution in [0.15, 0.2) is 47.5 Å². The second kappa shape index (κ2) is 8.57. The average molecular weight is 478 g/mol. The van der Waals surface area contributed by atoms with Gasteiger partial charge in [0.05, 0.1) is 10.2 Å². The highest BCUT2D eigenvalue weighted by molar-refractivity contribution is 7.92. The Labute approximate surface area is 188 Å². The molecular weight excluding hydrogens is 458 g/mol. The Morgan fingerprint density at radius 2 is 1.94 bits per heavy atom. The molecule has 1 aliphatic heterocycles. The predicted octanol–water partition coefficient (Wildman–Crippen LogP) is 2.81. The number of sulfone groups is 1. The van der Waals surface area contributed by atoms with Crippen molar-refractivity contribution in [3.05, 3.63) is 57.9 Å². The van der Waals surface area contributed by atoms with Gasteiger partial charge in [-0.25, -0.2) is 8.42 Å². The molecule has 2 aromatic carbocycles. The zero-order valence-corrected chi connectivity index (χ0v) is 19.1. The van der Waals surface area contributed by atoms with E-state index in [-0.39, 0.29) is 0 Å². The van der Waals surface area contributed by atoms with E-state index in [4.69, 9.17) is 11.6 Å². The van der Waals surface area contributed by atoms with Crippen LogP contribution in [0.1, 0.15) is 12.5 Å². The Hall–Kier alpha value is -2.49. The van der Waals surface area contributed by atoms with Crippen LogP contribution in [0.25, 0.3) is 10.2 Å². The SMILES string of the molecule is CCn1c(=NC(=O)CS(=O)(=O)CC(=O)N2CCc3ccccc32)sc2cc(Cl)ccc21. The molecular formula is C21H20ClN3O4S2. The molecule has 0 N–H and O–H groups in total. The summed E-state index contributed by atoms with van der Waals surface area (Å²) in [5.74, 6) is -2.86. The summed E-state index contributed by atoms with van der Waals surface area (Å²) in [6.07, 6.45) is 0.684. The van der Waals surface area contributed by atoms with E-state index in [1.807, 2.05) is 35.8 Å². The van der Waals surface area contributed by atoms with Crippen LogP contribution in [0.2, 0.25) is 5.02 Å². The molecule has 31 heavy (non-hydrogen) atoms. The molecule has 0 fully saturated rings.